The molecule has 9 nitrogen and oxygen atoms in total. The highest BCUT2D eigenvalue weighted by atomic mass is 32.2. The number of fused-ring (bicyclic) bond motifs is 1. The van der Waals surface area contributed by atoms with E-state index in [-0.39, 0.29) is 41.0 Å². The van der Waals surface area contributed by atoms with Crippen LogP contribution in [0.3, 0.4) is 0 Å². The van der Waals surface area contributed by atoms with E-state index in [1.807, 2.05) is 24.3 Å². The first-order valence-corrected chi connectivity index (χ1v) is 14.0. The topological polar surface area (TPSA) is 110 Å². The van der Waals surface area contributed by atoms with E-state index in [2.05, 4.69) is 15.1 Å². The smallest absolute Gasteiger partial charge is 0.274 e. The van der Waals surface area contributed by atoms with Crippen LogP contribution in [-0.4, -0.2) is 64.1 Å². The number of benzene rings is 2. The van der Waals surface area contributed by atoms with E-state index in [0.717, 1.165) is 18.4 Å². The van der Waals surface area contributed by atoms with Crippen molar-refractivity contribution in [1.82, 2.24) is 24.6 Å². The number of carbonyl (C=O) groups excluding carboxylic acids is 1. The molecule has 6 rings (SSSR count). The summed E-state index contributed by atoms with van der Waals surface area (Å²) in [4.78, 5) is 23.3. The molecular weight excluding hydrogens is 497 g/mol. The molecule has 2 atom stereocenters. The normalized spacial score (nSPS) is 21.1. The minimum Gasteiger partial charge on any atom is -0.497 e. The highest BCUT2D eigenvalue weighted by Gasteiger charge is 2.36. The van der Waals surface area contributed by atoms with E-state index >= 15 is 0 Å². The summed E-state index contributed by atoms with van der Waals surface area (Å²) in [6.07, 6.45) is 1.97. The second-order valence-corrected chi connectivity index (χ2v) is 11.8. The number of halogens is 1. The van der Waals surface area contributed by atoms with Crippen molar-refractivity contribution in [2.75, 3.05) is 25.2 Å². The number of hydrogen-bond acceptors (Lipinski definition) is 6. The standard InChI is InChI=1S/C26H26FN5O4S/c1-36-19-7-4-16(5-8-19)24-14-22(30-32(24)18-10-12-37(34,35)15-18)26(33)31-11-2-3-23(31)25-28-20-9-6-17(27)13-21(20)29-25/h4-9,13-14,18,23H,2-3,10-12,15H2,1H3,(H,28,29). The van der Waals surface area contributed by atoms with Gasteiger partial charge in [-0.2, -0.15) is 5.10 Å². The van der Waals surface area contributed by atoms with E-state index in [0.29, 0.717) is 41.3 Å². The number of H-pyrrole nitrogens is 1. The van der Waals surface area contributed by atoms with Crippen molar-refractivity contribution in [1.29, 1.82) is 0 Å². The van der Waals surface area contributed by atoms with Crippen LogP contribution in [0.25, 0.3) is 22.3 Å². The molecule has 2 aromatic heterocycles. The molecule has 192 valence electrons. The zero-order valence-electron chi connectivity index (χ0n) is 20.2. The summed E-state index contributed by atoms with van der Waals surface area (Å²) in [5.41, 5.74) is 2.98. The first-order chi connectivity index (χ1) is 17.8. The molecule has 2 fully saturated rings. The zero-order chi connectivity index (χ0) is 25.7. The number of carbonyl (C=O) groups is 1. The van der Waals surface area contributed by atoms with Gasteiger partial charge in [0, 0.05) is 12.1 Å². The number of likely N-dealkylation sites (tertiary alicyclic amines) is 1. The van der Waals surface area contributed by atoms with Gasteiger partial charge in [-0.05, 0) is 67.8 Å². The average Bonchev–Trinajstić information content (AvgIpc) is 3.67. The van der Waals surface area contributed by atoms with Crippen molar-refractivity contribution >= 4 is 26.8 Å². The monoisotopic (exact) mass is 523 g/mol. The Labute approximate surface area is 213 Å². The number of imidazole rings is 1. The van der Waals surface area contributed by atoms with Crippen molar-refractivity contribution < 1.29 is 22.3 Å². The molecule has 0 bridgehead atoms. The predicted octanol–water partition coefficient (Wildman–Crippen LogP) is 3.91. The van der Waals surface area contributed by atoms with Crippen LogP contribution in [0, 0.1) is 5.82 Å². The average molecular weight is 524 g/mol. The van der Waals surface area contributed by atoms with Crippen molar-refractivity contribution in [2.45, 2.75) is 31.3 Å². The van der Waals surface area contributed by atoms with Gasteiger partial charge in [0.05, 0.1) is 47.4 Å². The van der Waals surface area contributed by atoms with Gasteiger partial charge in [0.15, 0.2) is 15.5 Å². The van der Waals surface area contributed by atoms with Gasteiger partial charge in [-0.3, -0.25) is 9.48 Å². The lowest BCUT2D eigenvalue weighted by Gasteiger charge is -2.22. The van der Waals surface area contributed by atoms with E-state index in [9.17, 15) is 17.6 Å². The van der Waals surface area contributed by atoms with Crippen molar-refractivity contribution in [3.63, 3.8) is 0 Å². The molecule has 0 radical (unpaired) electrons. The summed E-state index contributed by atoms with van der Waals surface area (Å²) in [5.74, 6) is 0.802. The third-order valence-electron chi connectivity index (χ3n) is 7.19. The maximum Gasteiger partial charge on any atom is 0.274 e. The number of amides is 1. The van der Waals surface area contributed by atoms with Crippen LogP contribution in [-0.2, 0) is 9.84 Å². The first-order valence-electron chi connectivity index (χ1n) is 12.2. The van der Waals surface area contributed by atoms with Gasteiger partial charge in [0.2, 0.25) is 0 Å². The molecule has 2 unspecified atom stereocenters. The van der Waals surface area contributed by atoms with Gasteiger partial charge in [0.1, 0.15) is 17.4 Å². The van der Waals surface area contributed by atoms with Gasteiger partial charge in [-0.1, -0.05) is 0 Å². The highest BCUT2D eigenvalue weighted by molar-refractivity contribution is 7.91. The van der Waals surface area contributed by atoms with Crippen LogP contribution in [0.4, 0.5) is 4.39 Å². The number of methoxy groups -OCH3 is 1. The lowest BCUT2D eigenvalue weighted by molar-refractivity contribution is 0.0723. The number of aromatic nitrogens is 4. The van der Waals surface area contributed by atoms with Crippen molar-refractivity contribution in [3.8, 4) is 17.0 Å². The van der Waals surface area contributed by atoms with Gasteiger partial charge in [0.25, 0.3) is 5.91 Å². The quantitative estimate of drug-likeness (QED) is 0.425. The SMILES string of the molecule is COc1ccc(-c2cc(C(=O)N3CCCC3c3nc4ccc(F)cc4[nH]3)nn2C2CCS(=O)(=O)C2)cc1. The molecule has 2 aliphatic heterocycles. The van der Waals surface area contributed by atoms with E-state index in [1.54, 1.807) is 28.8 Å². The van der Waals surface area contributed by atoms with Crippen molar-refractivity contribution in [3.05, 3.63) is 65.9 Å². The highest BCUT2D eigenvalue weighted by Crippen LogP contribution is 2.35. The Morgan fingerprint density at radius 1 is 1.14 bits per heavy atom. The number of hydrogen-bond donors (Lipinski definition) is 1. The molecule has 2 saturated heterocycles. The second-order valence-electron chi connectivity index (χ2n) is 9.58. The zero-order valence-corrected chi connectivity index (χ0v) is 21.0. The maximum absolute atomic E-state index is 13.7. The molecule has 4 heterocycles. The van der Waals surface area contributed by atoms with Gasteiger partial charge in [-0.25, -0.2) is 17.8 Å². The van der Waals surface area contributed by atoms with Crippen molar-refractivity contribution in [2.24, 2.45) is 0 Å². The van der Waals surface area contributed by atoms with E-state index < -0.39 is 9.84 Å². The molecule has 0 saturated carbocycles. The fourth-order valence-corrected chi connectivity index (χ4v) is 7.02. The summed E-state index contributed by atoms with van der Waals surface area (Å²) in [7, 11) is -1.57. The molecule has 2 aliphatic rings. The van der Waals surface area contributed by atoms with Crippen LogP contribution in [0.1, 0.15) is 47.7 Å². The molecule has 0 spiro atoms. The maximum atomic E-state index is 13.7. The second kappa shape index (κ2) is 8.98. The van der Waals surface area contributed by atoms with Crippen LogP contribution in [0.2, 0.25) is 0 Å². The lowest BCUT2D eigenvalue weighted by atomic mass is 10.1. The Hall–Kier alpha value is -3.73. The molecule has 4 aromatic rings. The molecule has 0 aliphatic carbocycles. The number of sulfone groups is 1. The van der Waals surface area contributed by atoms with Gasteiger partial charge >= 0.3 is 0 Å². The summed E-state index contributed by atoms with van der Waals surface area (Å²) in [6, 6.07) is 12.9. The van der Waals surface area contributed by atoms with E-state index in [1.165, 1.54) is 12.1 Å². The first kappa shape index (κ1) is 23.7. The molecule has 1 N–H and O–H groups in total. The molecule has 2 aromatic carbocycles. The molecule has 1 amide bonds. The third-order valence-corrected chi connectivity index (χ3v) is 8.94. The Morgan fingerprint density at radius 3 is 2.68 bits per heavy atom. The Bertz CT molecular complexity index is 1590. The van der Waals surface area contributed by atoms with Crippen LogP contribution in [0.5, 0.6) is 5.75 Å². The molecule has 11 heteroatoms. The largest absolute Gasteiger partial charge is 0.497 e. The Kier molecular flexibility index (Phi) is 5.74. The summed E-state index contributed by atoms with van der Waals surface area (Å²) in [5, 5.41) is 4.65. The number of rotatable bonds is 5. The van der Waals surface area contributed by atoms with Gasteiger partial charge < -0.3 is 14.6 Å². The minimum absolute atomic E-state index is 0.00660. The third kappa shape index (κ3) is 4.37. The number of nitrogens with one attached hydrogen (secondary N) is 1. The Morgan fingerprint density at radius 2 is 1.95 bits per heavy atom. The minimum atomic E-state index is -3.16. The van der Waals surface area contributed by atoms with Crippen LogP contribution >= 0.6 is 0 Å². The summed E-state index contributed by atoms with van der Waals surface area (Å²) >= 11 is 0. The van der Waals surface area contributed by atoms with Gasteiger partial charge in [-0.15, -0.1) is 0 Å². The van der Waals surface area contributed by atoms with E-state index in [4.69, 9.17) is 4.74 Å². The Balaban J connectivity index is 1.36. The fraction of sp³-hybridized carbons (Fsp3) is 0.346. The number of nitrogens with zero attached hydrogens (tertiary/aromatic N) is 4. The summed E-state index contributed by atoms with van der Waals surface area (Å²) < 4.78 is 45.1. The van der Waals surface area contributed by atoms with Crippen LogP contribution < -0.4 is 4.74 Å². The fourth-order valence-electron chi connectivity index (χ4n) is 5.32. The van der Waals surface area contributed by atoms with Crippen LogP contribution in [0.15, 0.2) is 48.5 Å². The summed E-state index contributed by atoms with van der Waals surface area (Å²) in [6.45, 7) is 0.539. The predicted molar refractivity (Wildman–Crippen MR) is 136 cm³/mol. The molecular formula is C26H26FN5O4S. The lowest BCUT2D eigenvalue weighted by Crippen LogP contribution is -2.31. The number of ether oxygens (including phenoxy) is 1. The molecule has 37 heavy (non-hydrogen) atoms. The number of aromatic amines is 1.